The Balaban J connectivity index is 2.72. The molecule has 0 radical (unpaired) electrons. The SMILES string of the molecule is CC(C)(C)c1cc(-c2nc(C=O)co2)cc(C(C)(C)C)c1O. The van der Waals surface area contributed by atoms with Gasteiger partial charge >= 0.3 is 0 Å². The van der Waals surface area contributed by atoms with Gasteiger partial charge < -0.3 is 9.52 Å². The van der Waals surface area contributed by atoms with Crippen LogP contribution in [0, 0.1) is 0 Å². The molecular weight excluding hydrogens is 278 g/mol. The van der Waals surface area contributed by atoms with Crippen LogP contribution in [0.15, 0.2) is 22.8 Å². The quantitative estimate of drug-likeness (QED) is 0.832. The van der Waals surface area contributed by atoms with Crippen LogP contribution in [0.25, 0.3) is 11.5 Å². The Morgan fingerprint density at radius 1 is 1.05 bits per heavy atom. The zero-order valence-electron chi connectivity index (χ0n) is 14.0. The van der Waals surface area contributed by atoms with Crippen LogP contribution in [-0.4, -0.2) is 16.4 Å². The van der Waals surface area contributed by atoms with Gasteiger partial charge in [0.15, 0.2) is 6.29 Å². The third kappa shape index (κ3) is 3.06. The minimum absolute atomic E-state index is 0.222. The maximum atomic E-state index is 10.8. The van der Waals surface area contributed by atoms with Gasteiger partial charge in [0.05, 0.1) is 0 Å². The van der Waals surface area contributed by atoms with E-state index < -0.39 is 0 Å². The van der Waals surface area contributed by atoms with Gasteiger partial charge in [0.2, 0.25) is 5.89 Å². The molecule has 22 heavy (non-hydrogen) atoms. The van der Waals surface area contributed by atoms with Crippen molar-refractivity contribution in [1.82, 2.24) is 4.98 Å². The molecule has 4 nitrogen and oxygen atoms in total. The van der Waals surface area contributed by atoms with Crippen molar-refractivity contribution >= 4 is 6.29 Å². The molecule has 1 aromatic heterocycles. The lowest BCUT2D eigenvalue weighted by atomic mass is 9.78. The number of hydrogen-bond donors (Lipinski definition) is 1. The first-order chi connectivity index (χ1) is 10.0. The zero-order chi connectivity index (χ0) is 16.7. The fourth-order valence-corrected chi connectivity index (χ4v) is 2.37. The van der Waals surface area contributed by atoms with E-state index in [1.807, 2.05) is 53.7 Å². The predicted molar refractivity (Wildman–Crippen MR) is 86.4 cm³/mol. The average Bonchev–Trinajstić information content (AvgIpc) is 2.85. The Hall–Kier alpha value is -2.10. The molecule has 0 bridgehead atoms. The van der Waals surface area contributed by atoms with Crippen LogP contribution in [0.3, 0.4) is 0 Å². The van der Waals surface area contributed by atoms with E-state index in [-0.39, 0.29) is 16.5 Å². The first-order valence-electron chi connectivity index (χ1n) is 7.33. The number of aldehydes is 1. The van der Waals surface area contributed by atoms with Gasteiger partial charge in [0, 0.05) is 16.7 Å². The van der Waals surface area contributed by atoms with Gasteiger partial charge in [-0.2, -0.15) is 0 Å². The second kappa shape index (κ2) is 5.27. The van der Waals surface area contributed by atoms with E-state index >= 15 is 0 Å². The number of carbonyl (C=O) groups excluding carboxylic acids is 1. The number of carbonyl (C=O) groups is 1. The molecule has 4 heteroatoms. The third-order valence-electron chi connectivity index (χ3n) is 3.62. The summed E-state index contributed by atoms with van der Waals surface area (Å²) in [6.07, 6.45) is 1.99. The number of oxazole rings is 1. The summed E-state index contributed by atoms with van der Waals surface area (Å²) in [6.45, 7) is 12.3. The molecule has 0 fully saturated rings. The summed E-state index contributed by atoms with van der Waals surface area (Å²) in [6, 6.07) is 3.76. The van der Waals surface area contributed by atoms with Crippen LogP contribution in [-0.2, 0) is 10.8 Å². The molecule has 0 aliphatic rings. The molecule has 0 saturated heterocycles. The van der Waals surface area contributed by atoms with Crippen molar-refractivity contribution < 1.29 is 14.3 Å². The molecule has 0 unspecified atom stereocenters. The molecule has 0 spiro atoms. The number of nitrogens with zero attached hydrogens (tertiary/aromatic N) is 1. The van der Waals surface area contributed by atoms with E-state index in [0.29, 0.717) is 17.9 Å². The molecule has 0 saturated carbocycles. The lowest BCUT2D eigenvalue weighted by molar-refractivity contribution is 0.111. The van der Waals surface area contributed by atoms with Crippen LogP contribution in [0.1, 0.15) is 63.2 Å². The molecule has 1 heterocycles. The summed E-state index contributed by atoms with van der Waals surface area (Å²) in [5, 5.41) is 10.7. The molecule has 0 atom stereocenters. The molecule has 0 amide bonds. The average molecular weight is 301 g/mol. The lowest BCUT2D eigenvalue weighted by Crippen LogP contribution is -2.17. The van der Waals surface area contributed by atoms with E-state index in [2.05, 4.69) is 4.98 Å². The van der Waals surface area contributed by atoms with E-state index in [1.165, 1.54) is 6.26 Å². The van der Waals surface area contributed by atoms with Crippen LogP contribution >= 0.6 is 0 Å². The molecular formula is C18H23NO3. The molecule has 0 aliphatic carbocycles. The van der Waals surface area contributed by atoms with Crippen molar-refractivity contribution in [2.75, 3.05) is 0 Å². The molecule has 118 valence electrons. The van der Waals surface area contributed by atoms with Crippen molar-refractivity contribution in [3.63, 3.8) is 0 Å². The Labute approximate surface area is 131 Å². The van der Waals surface area contributed by atoms with Crippen molar-refractivity contribution in [1.29, 1.82) is 0 Å². The molecule has 0 aliphatic heterocycles. The summed E-state index contributed by atoms with van der Waals surface area (Å²) < 4.78 is 5.39. The van der Waals surface area contributed by atoms with Gasteiger partial charge in [-0.25, -0.2) is 4.98 Å². The summed E-state index contributed by atoms with van der Waals surface area (Å²) in [7, 11) is 0. The number of rotatable bonds is 2. The summed E-state index contributed by atoms with van der Waals surface area (Å²) in [4.78, 5) is 15.0. The Morgan fingerprint density at radius 3 is 1.91 bits per heavy atom. The first kappa shape index (κ1) is 16.3. The van der Waals surface area contributed by atoms with Gasteiger partial charge in [0.25, 0.3) is 0 Å². The fourth-order valence-electron chi connectivity index (χ4n) is 2.37. The maximum Gasteiger partial charge on any atom is 0.226 e. The maximum absolute atomic E-state index is 10.8. The van der Waals surface area contributed by atoms with E-state index in [4.69, 9.17) is 4.42 Å². The number of phenols is 1. The van der Waals surface area contributed by atoms with E-state index in [9.17, 15) is 9.90 Å². The number of phenolic OH excluding ortho intramolecular Hbond substituents is 1. The smallest absolute Gasteiger partial charge is 0.226 e. The third-order valence-corrected chi connectivity index (χ3v) is 3.62. The highest BCUT2D eigenvalue weighted by molar-refractivity contribution is 5.73. The highest BCUT2D eigenvalue weighted by Gasteiger charge is 2.27. The van der Waals surface area contributed by atoms with Crippen molar-refractivity contribution in [3.05, 3.63) is 35.2 Å². The second-order valence-corrected chi connectivity index (χ2v) is 7.62. The lowest BCUT2D eigenvalue weighted by Gasteiger charge is -2.27. The summed E-state index contributed by atoms with van der Waals surface area (Å²) >= 11 is 0. The topological polar surface area (TPSA) is 63.3 Å². The van der Waals surface area contributed by atoms with Crippen molar-refractivity contribution in [3.8, 4) is 17.2 Å². The molecule has 1 N–H and O–H groups in total. The fraction of sp³-hybridized carbons (Fsp3) is 0.444. The largest absolute Gasteiger partial charge is 0.507 e. The van der Waals surface area contributed by atoms with E-state index in [1.54, 1.807) is 0 Å². The van der Waals surface area contributed by atoms with Gasteiger partial charge in [-0.15, -0.1) is 0 Å². The van der Waals surface area contributed by atoms with Crippen LogP contribution in [0.5, 0.6) is 5.75 Å². The number of benzene rings is 1. The highest BCUT2D eigenvalue weighted by atomic mass is 16.3. The van der Waals surface area contributed by atoms with E-state index in [0.717, 1.165) is 16.7 Å². The Morgan fingerprint density at radius 2 is 1.55 bits per heavy atom. The monoisotopic (exact) mass is 301 g/mol. The summed E-state index contributed by atoms with van der Waals surface area (Å²) in [5.41, 5.74) is 2.25. The second-order valence-electron chi connectivity index (χ2n) is 7.62. The Bertz CT molecular complexity index is 665. The number of hydrogen-bond acceptors (Lipinski definition) is 4. The normalized spacial score (nSPS) is 12.5. The number of aromatic hydroxyl groups is 1. The molecule has 1 aromatic carbocycles. The van der Waals surface area contributed by atoms with Gasteiger partial charge in [-0.3, -0.25) is 4.79 Å². The molecule has 2 rings (SSSR count). The standard InChI is InChI=1S/C18H23NO3/c1-17(2,3)13-7-11(16-19-12(9-20)10-22-16)8-14(15(13)21)18(4,5)6/h7-10,21H,1-6H3. The van der Waals surface area contributed by atoms with Gasteiger partial charge in [0.1, 0.15) is 17.7 Å². The first-order valence-corrected chi connectivity index (χ1v) is 7.33. The van der Waals surface area contributed by atoms with Gasteiger partial charge in [-0.05, 0) is 23.0 Å². The van der Waals surface area contributed by atoms with Crippen LogP contribution in [0.4, 0.5) is 0 Å². The van der Waals surface area contributed by atoms with Crippen LogP contribution < -0.4 is 0 Å². The van der Waals surface area contributed by atoms with Crippen molar-refractivity contribution in [2.45, 2.75) is 52.4 Å². The van der Waals surface area contributed by atoms with Crippen LogP contribution in [0.2, 0.25) is 0 Å². The zero-order valence-corrected chi connectivity index (χ0v) is 14.0. The minimum Gasteiger partial charge on any atom is -0.507 e. The molecule has 2 aromatic rings. The highest BCUT2D eigenvalue weighted by Crippen LogP contribution is 2.41. The van der Waals surface area contributed by atoms with Crippen molar-refractivity contribution in [2.24, 2.45) is 0 Å². The Kier molecular flexibility index (Phi) is 3.90. The van der Waals surface area contributed by atoms with Gasteiger partial charge in [-0.1, -0.05) is 41.5 Å². The number of aromatic nitrogens is 1. The summed E-state index contributed by atoms with van der Waals surface area (Å²) in [5.74, 6) is 0.698. The minimum atomic E-state index is -0.222. The predicted octanol–water partition coefficient (Wildman–Crippen LogP) is 4.45.